The highest BCUT2D eigenvalue weighted by molar-refractivity contribution is 8.14. The van der Waals surface area contributed by atoms with Crippen LogP contribution in [-0.4, -0.2) is 29.4 Å². The van der Waals surface area contributed by atoms with Gasteiger partial charge < -0.3 is 0 Å². The first-order valence-electron chi connectivity index (χ1n) is 6.35. The van der Waals surface area contributed by atoms with Crippen molar-refractivity contribution >= 4 is 16.9 Å². The zero-order valence-corrected chi connectivity index (χ0v) is 11.9. The van der Waals surface area contributed by atoms with Crippen LogP contribution in [0.15, 0.2) is 30.3 Å². The molecule has 21 heavy (non-hydrogen) atoms. The molecule has 1 rings (SSSR count). The van der Waals surface area contributed by atoms with E-state index in [0.717, 1.165) is 11.8 Å². The minimum Gasteiger partial charge on any atom is -0.282 e. The second kappa shape index (κ2) is 8.36. The minimum atomic E-state index is -4.16. The van der Waals surface area contributed by atoms with Crippen molar-refractivity contribution in [2.24, 2.45) is 0 Å². The van der Waals surface area contributed by atoms with Crippen LogP contribution in [0.1, 0.15) is 29.6 Å². The fourth-order valence-corrected chi connectivity index (χ4v) is 2.40. The molecule has 1 unspecified atom stereocenters. The van der Waals surface area contributed by atoms with Crippen molar-refractivity contribution in [1.82, 2.24) is 0 Å². The van der Waals surface area contributed by atoms with Crippen LogP contribution < -0.4 is 0 Å². The Bertz CT molecular complexity index is 438. The topological polar surface area (TPSA) is 17.1 Å². The monoisotopic (exact) mass is 326 g/mol. The molecule has 0 aliphatic carbocycles. The first kappa shape index (κ1) is 17.9. The Balaban J connectivity index is 2.25. The second-order valence-electron chi connectivity index (χ2n) is 4.49. The van der Waals surface area contributed by atoms with Gasteiger partial charge in [-0.2, -0.15) is 0 Å². The maximum Gasteiger partial charge on any atom is 0.307 e. The molecule has 1 aromatic rings. The summed E-state index contributed by atoms with van der Waals surface area (Å²) in [4.78, 5) is 11.7. The molecule has 1 nitrogen and oxygen atoms in total. The van der Waals surface area contributed by atoms with E-state index in [0.29, 0.717) is 5.56 Å². The van der Waals surface area contributed by atoms with Gasteiger partial charge in [0.2, 0.25) is 5.12 Å². The lowest BCUT2D eigenvalue weighted by molar-refractivity contribution is -0.135. The molecule has 0 amide bonds. The van der Waals surface area contributed by atoms with E-state index in [-0.39, 0.29) is 17.3 Å². The van der Waals surface area contributed by atoms with E-state index in [1.54, 1.807) is 30.3 Å². The van der Waals surface area contributed by atoms with E-state index in [2.05, 4.69) is 0 Å². The number of hydrogen-bond acceptors (Lipinski definition) is 2. The highest BCUT2D eigenvalue weighted by Gasteiger charge is 2.40. The summed E-state index contributed by atoms with van der Waals surface area (Å²) in [5.74, 6) is -4.04. The summed E-state index contributed by atoms with van der Waals surface area (Å²) in [5.41, 5.74) is 0.474. The first-order valence-corrected chi connectivity index (χ1v) is 7.33. The second-order valence-corrected chi connectivity index (χ2v) is 5.56. The maximum absolute atomic E-state index is 13.3. The number of halogens is 5. The van der Waals surface area contributed by atoms with E-state index in [9.17, 15) is 26.7 Å². The molecule has 0 heterocycles. The Morgan fingerprint density at radius 3 is 2.29 bits per heavy atom. The Morgan fingerprint density at radius 2 is 1.71 bits per heavy atom. The van der Waals surface area contributed by atoms with Gasteiger partial charge in [0.05, 0.1) is 0 Å². The summed E-state index contributed by atoms with van der Waals surface area (Å²) < 4.78 is 62.3. The summed E-state index contributed by atoms with van der Waals surface area (Å²) in [6.07, 6.45) is -7.35. The zero-order valence-electron chi connectivity index (χ0n) is 11.1. The van der Waals surface area contributed by atoms with Gasteiger partial charge in [0, 0.05) is 17.7 Å². The van der Waals surface area contributed by atoms with Crippen molar-refractivity contribution in [2.45, 2.75) is 37.8 Å². The van der Waals surface area contributed by atoms with Gasteiger partial charge in [-0.3, -0.25) is 4.79 Å². The number of rotatable bonds is 8. The molecule has 0 N–H and O–H groups in total. The number of hydrogen-bond donors (Lipinski definition) is 0. The minimum absolute atomic E-state index is 0.120. The molecule has 0 spiro atoms. The fourth-order valence-electron chi connectivity index (χ4n) is 1.54. The van der Waals surface area contributed by atoms with Crippen LogP contribution in [0.2, 0.25) is 0 Å². The van der Waals surface area contributed by atoms with Crippen LogP contribution in [0.5, 0.6) is 0 Å². The standard InChI is InChI=1S/C14H15F5OS/c15-11(6-8-14(18,19)13(16)17)7-9-21-12(20)10-4-2-1-3-5-10/h1-5,11,13H,6-9H2. The van der Waals surface area contributed by atoms with Gasteiger partial charge >= 0.3 is 12.3 Å². The Hall–Kier alpha value is -1.11. The molecule has 118 valence electrons. The molecule has 0 fully saturated rings. The van der Waals surface area contributed by atoms with Crippen LogP contribution in [0, 0.1) is 0 Å². The predicted octanol–water partition coefficient (Wildman–Crippen LogP) is 4.97. The third kappa shape index (κ3) is 6.46. The van der Waals surface area contributed by atoms with Gasteiger partial charge in [0.25, 0.3) is 0 Å². The number of carbonyl (C=O) groups is 1. The normalized spacial score (nSPS) is 13.4. The van der Waals surface area contributed by atoms with E-state index >= 15 is 0 Å². The van der Waals surface area contributed by atoms with Gasteiger partial charge in [-0.05, 0) is 12.8 Å². The highest BCUT2D eigenvalue weighted by atomic mass is 32.2. The number of carbonyl (C=O) groups excluding carboxylic acids is 1. The summed E-state index contributed by atoms with van der Waals surface area (Å²) in [7, 11) is 0. The van der Waals surface area contributed by atoms with Crippen LogP contribution in [0.3, 0.4) is 0 Å². The SMILES string of the molecule is O=C(SCCC(F)CCC(F)(F)C(F)F)c1ccccc1. The zero-order chi connectivity index (χ0) is 15.9. The van der Waals surface area contributed by atoms with E-state index in [4.69, 9.17) is 0 Å². The molecule has 1 aromatic carbocycles. The lowest BCUT2D eigenvalue weighted by Gasteiger charge is -2.16. The van der Waals surface area contributed by atoms with Crippen molar-refractivity contribution in [1.29, 1.82) is 0 Å². The van der Waals surface area contributed by atoms with Crippen LogP contribution in [-0.2, 0) is 0 Å². The van der Waals surface area contributed by atoms with Crippen molar-refractivity contribution in [2.75, 3.05) is 5.75 Å². The average Bonchev–Trinajstić information content (AvgIpc) is 2.46. The largest absolute Gasteiger partial charge is 0.307 e. The Labute approximate surface area is 123 Å². The molecule has 0 aromatic heterocycles. The third-order valence-corrected chi connectivity index (χ3v) is 3.72. The Kier molecular flexibility index (Phi) is 7.14. The molecule has 0 radical (unpaired) electrons. The van der Waals surface area contributed by atoms with Gasteiger partial charge in [-0.25, -0.2) is 22.0 Å². The number of thioether (sulfide) groups is 1. The van der Waals surface area contributed by atoms with Crippen molar-refractivity contribution < 1.29 is 26.7 Å². The average molecular weight is 326 g/mol. The summed E-state index contributed by atoms with van der Waals surface area (Å²) in [6, 6.07) is 8.37. The van der Waals surface area contributed by atoms with Crippen LogP contribution in [0.25, 0.3) is 0 Å². The lowest BCUT2D eigenvalue weighted by Crippen LogP contribution is -2.27. The molecular formula is C14H15F5OS. The molecule has 7 heteroatoms. The molecule has 0 bridgehead atoms. The smallest absolute Gasteiger partial charge is 0.282 e. The fraction of sp³-hybridized carbons (Fsp3) is 0.500. The van der Waals surface area contributed by atoms with Crippen molar-refractivity contribution in [3.63, 3.8) is 0 Å². The van der Waals surface area contributed by atoms with Gasteiger partial charge in [-0.15, -0.1) is 0 Å². The van der Waals surface area contributed by atoms with Gasteiger partial charge in [-0.1, -0.05) is 42.1 Å². The molecule has 0 aliphatic rings. The lowest BCUT2D eigenvalue weighted by atomic mass is 10.1. The summed E-state index contributed by atoms with van der Waals surface area (Å²) >= 11 is 0.883. The molecule has 0 saturated heterocycles. The van der Waals surface area contributed by atoms with E-state index in [1.165, 1.54) is 0 Å². The molecule has 1 atom stereocenters. The quantitative estimate of drug-likeness (QED) is 0.628. The molecule has 0 saturated carbocycles. The van der Waals surface area contributed by atoms with Gasteiger partial charge in [0.15, 0.2) is 0 Å². The van der Waals surface area contributed by atoms with Gasteiger partial charge in [0.1, 0.15) is 6.17 Å². The maximum atomic E-state index is 13.3. The predicted molar refractivity (Wildman–Crippen MR) is 72.9 cm³/mol. The van der Waals surface area contributed by atoms with E-state index < -0.39 is 31.4 Å². The first-order chi connectivity index (χ1) is 9.83. The summed E-state index contributed by atoms with van der Waals surface area (Å²) in [5, 5.41) is -0.235. The summed E-state index contributed by atoms with van der Waals surface area (Å²) in [6.45, 7) is 0. The van der Waals surface area contributed by atoms with Crippen molar-refractivity contribution in [3.05, 3.63) is 35.9 Å². The third-order valence-electron chi connectivity index (χ3n) is 2.78. The Morgan fingerprint density at radius 1 is 1.10 bits per heavy atom. The van der Waals surface area contributed by atoms with Crippen LogP contribution >= 0.6 is 11.8 Å². The van der Waals surface area contributed by atoms with Crippen molar-refractivity contribution in [3.8, 4) is 0 Å². The number of alkyl halides is 5. The highest BCUT2D eigenvalue weighted by Crippen LogP contribution is 2.29. The molecular weight excluding hydrogens is 311 g/mol. The van der Waals surface area contributed by atoms with Crippen LogP contribution in [0.4, 0.5) is 22.0 Å². The van der Waals surface area contributed by atoms with E-state index in [1.807, 2.05) is 0 Å². The molecule has 0 aliphatic heterocycles. The number of benzene rings is 1.